The molecular weight excluding hydrogens is 324 g/mol. The van der Waals surface area contributed by atoms with Crippen molar-refractivity contribution in [3.8, 4) is 0 Å². The molecule has 9 nitrogen and oxygen atoms in total. The molecule has 1 amide bonds. The van der Waals surface area contributed by atoms with Crippen molar-refractivity contribution < 1.29 is 9.72 Å². The van der Waals surface area contributed by atoms with Crippen LogP contribution in [0.2, 0.25) is 0 Å². The number of nitrogen functional groups attached to an aromatic ring is 2. The van der Waals surface area contributed by atoms with E-state index in [2.05, 4.69) is 15.6 Å². The van der Waals surface area contributed by atoms with Crippen molar-refractivity contribution in [1.29, 1.82) is 0 Å². The number of nitrogens with one attached hydrogen (secondary N) is 2. The lowest BCUT2D eigenvalue weighted by Gasteiger charge is -2.06. The molecule has 0 aliphatic rings. The highest BCUT2D eigenvalue weighted by atomic mass is 16.6. The maximum Gasteiger partial charge on any atom is 0.287 e. The normalized spacial score (nSPS) is 10.6. The van der Waals surface area contributed by atoms with Crippen LogP contribution in [0.5, 0.6) is 0 Å². The first-order valence-electron chi connectivity index (χ1n) is 7.41. The summed E-state index contributed by atoms with van der Waals surface area (Å²) in [4.78, 5) is 25.7. The zero-order valence-corrected chi connectivity index (χ0v) is 13.3. The lowest BCUT2D eigenvalue weighted by atomic mass is 10.1. The van der Waals surface area contributed by atoms with E-state index in [1.54, 1.807) is 24.3 Å². The monoisotopic (exact) mass is 342 g/mol. The number of pyridine rings is 1. The van der Waals surface area contributed by atoms with Crippen LogP contribution in [0.25, 0.3) is 6.08 Å². The third-order valence-corrected chi connectivity index (χ3v) is 3.21. The SMILES string of the molecule is Nc1ccc(N)c(/C=C/C(=O)NCCNc2ccc([N+](=O)[O-])cn2)c1. The molecule has 130 valence electrons. The minimum absolute atomic E-state index is 0.0789. The summed E-state index contributed by atoms with van der Waals surface area (Å²) in [5.74, 6) is 0.211. The molecule has 0 saturated carbocycles. The van der Waals surface area contributed by atoms with E-state index in [0.29, 0.717) is 35.8 Å². The third kappa shape index (κ3) is 5.50. The third-order valence-electron chi connectivity index (χ3n) is 3.21. The van der Waals surface area contributed by atoms with Crippen LogP contribution in [0.1, 0.15) is 5.56 Å². The quantitative estimate of drug-likeness (QED) is 0.195. The highest BCUT2D eigenvalue weighted by Gasteiger charge is 2.04. The van der Waals surface area contributed by atoms with Crippen molar-refractivity contribution in [2.45, 2.75) is 0 Å². The van der Waals surface area contributed by atoms with E-state index >= 15 is 0 Å². The number of hydrogen-bond donors (Lipinski definition) is 4. The Morgan fingerprint density at radius 1 is 1.24 bits per heavy atom. The molecule has 0 spiro atoms. The van der Waals surface area contributed by atoms with E-state index in [-0.39, 0.29) is 11.6 Å². The number of nitrogens with zero attached hydrogens (tertiary/aromatic N) is 2. The lowest BCUT2D eigenvalue weighted by molar-refractivity contribution is -0.385. The molecule has 2 rings (SSSR count). The van der Waals surface area contributed by atoms with Crippen LogP contribution in [-0.4, -0.2) is 28.9 Å². The molecule has 1 heterocycles. The van der Waals surface area contributed by atoms with Crippen LogP contribution in [0.4, 0.5) is 22.9 Å². The Morgan fingerprint density at radius 2 is 2.04 bits per heavy atom. The van der Waals surface area contributed by atoms with E-state index in [0.717, 1.165) is 0 Å². The lowest BCUT2D eigenvalue weighted by Crippen LogP contribution is -2.27. The topological polar surface area (TPSA) is 149 Å². The first-order valence-corrected chi connectivity index (χ1v) is 7.41. The van der Waals surface area contributed by atoms with Crippen LogP contribution < -0.4 is 22.1 Å². The minimum atomic E-state index is -0.517. The molecule has 0 aliphatic heterocycles. The molecule has 9 heteroatoms. The Hall–Kier alpha value is -3.62. The fourth-order valence-electron chi connectivity index (χ4n) is 1.94. The molecule has 0 bridgehead atoms. The maximum atomic E-state index is 11.8. The summed E-state index contributed by atoms with van der Waals surface area (Å²) in [5, 5.41) is 16.2. The first kappa shape index (κ1) is 17.7. The number of hydrogen-bond acceptors (Lipinski definition) is 7. The van der Waals surface area contributed by atoms with Gasteiger partial charge in [-0.3, -0.25) is 14.9 Å². The molecule has 25 heavy (non-hydrogen) atoms. The summed E-state index contributed by atoms with van der Waals surface area (Å²) >= 11 is 0. The van der Waals surface area contributed by atoms with E-state index in [1.807, 2.05) is 0 Å². The Kier molecular flexibility index (Phi) is 5.88. The van der Waals surface area contributed by atoms with Crippen molar-refractivity contribution in [2.75, 3.05) is 29.9 Å². The van der Waals surface area contributed by atoms with Gasteiger partial charge in [0, 0.05) is 36.6 Å². The molecule has 0 aliphatic carbocycles. The van der Waals surface area contributed by atoms with Gasteiger partial charge in [-0.1, -0.05) is 0 Å². The Morgan fingerprint density at radius 3 is 2.72 bits per heavy atom. The molecular formula is C16H18N6O3. The van der Waals surface area contributed by atoms with Crippen molar-refractivity contribution in [2.24, 2.45) is 0 Å². The van der Waals surface area contributed by atoms with Crippen molar-refractivity contribution in [1.82, 2.24) is 10.3 Å². The predicted molar refractivity (Wildman–Crippen MR) is 96.7 cm³/mol. The molecule has 0 radical (unpaired) electrons. The molecule has 0 saturated heterocycles. The summed E-state index contributed by atoms with van der Waals surface area (Å²) in [5.41, 5.74) is 13.2. The summed E-state index contributed by atoms with van der Waals surface area (Å²) in [6.07, 6.45) is 4.13. The number of amides is 1. The second-order valence-corrected chi connectivity index (χ2v) is 5.10. The number of rotatable bonds is 7. The van der Waals surface area contributed by atoms with E-state index in [1.165, 1.54) is 24.4 Å². The van der Waals surface area contributed by atoms with Crippen LogP contribution in [0, 0.1) is 10.1 Å². The summed E-state index contributed by atoms with van der Waals surface area (Å²) in [6, 6.07) is 7.90. The number of aromatic nitrogens is 1. The number of benzene rings is 1. The van der Waals surface area contributed by atoms with E-state index in [4.69, 9.17) is 11.5 Å². The largest absolute Gasteiger partial charge is 0.399 e. The van der Waals surface area contributed by atoms with Crippen LogP contribution in [0.3, 0.4) is 0 Å². The summed E-state index contributed by atoms with van der Waals surface area (Å²) < 4.78 is 0. The zero-order chi connectivity index (χ0) is 18.2. The Labute approximate surface area is 143 Å². The highest BCUT2D eigenvalue weighted by Crippen LogP contribution is 2.16. The second-order valence-electron chi connectivity index (χ2n) is 5.10. The Balaban J connectivity index is 1.76. The standard InChI is InChI=1S/C16H18N6O3/c17-12-2-4-14(18)11(9-12)1-6-16(23)20-8-7-19-15-5-3-13(10-21-15)22(24)25/h1-6,9-10H,7-8,17-18H2,(H,19,21)(H,20,23)/b6-1+. The van der Waals surface area contributed by atoms with Gasteiger partial charge < -0.3 is 22.1 Å². The fourth-order valence-corrected chi connectivity index (χ4v) is 1.94. The highest BCUT2D eigenvalue weighted by molar-refractivity contribution is 5.92. The van der Waals surface area contributed by atoms with Gasteiger partial charge >= 0.3 is 0 Å². The molecule has 0 fully saturated rings. The molecule has 0 atom stereocenters. The molecule has 6 N–H and O–H groups in total. The van der Waals surface area contributed by atoms with E-state index in [9.17, 15) is 14.9 Å². The second kappa shape index (κ2) is 8.29. The van der Waals surface area contributed by atoms with Crippen molar-refractivity contribution >= 4 is 34.9 Å². The van der Waals surface area contributed by atoms with Gasteiger partial charge in [0.05, 0.1) is 4.92 Å². The summed E-state index contributed by atoms with van der Waals surface area (Å²) in [6.45, 7) is 0.777. The van der Waals surface area contributed by atoms with Gasteiger partial charge in [-0.2, -0.15) is 0 Å². The number of carbonyl (C=O) groups is 1. The number of anilines is 3. The van der Waals surface area contributed by atoms with Gasteiger partial charge in [0.15, 0.2) is 0 Å². The zero-order valence-electron chi connectivity index (χ0n) is 13.3. The van der Waals surface area contributed by atoms with Gasteiger partial charge in [0.25, 0.3) is 5.69 Å². The van der Waals surface area contributed by atoms with Gasteiger partial charge in [-0.25, -0.2) is 4.98 Å². The average Bonchev–Trinajstić information content (AvgIpc) is 2.60. The Bertz CT molecular complexity index is 789. The van der Waals surface area contributed by atoms with Gasteiger partial charge in [-0.05, 0) is 35.9 Å². The van der Waals surface area contributed by atoms with Crippen molar-refractivity contribution in [3.05, 3.63) is 58.3 Å². The number of nitrogens with two attached hydrogens (primary N) is 2. The van der Waals surface area contributed by atoms with Gasteiger partial charge in [-0.15, -0.1) is 0 Å². The molecule has 1 aromatic heterocycles. The number of nitro groups is 1. The number of carbonyl (C=O) groups excluding carboxylic acids is 1. The van der Waals surface area contributed by atoms with Crippen molar-refractivity contribution in [3.63, 3.8) is 0 Å². The van der Waals surface area contributed by atoms with E-state index < -0.39 is 4.92 Å². The predicted octanol–water partition coefficient (Wildman–Crippen LogP) is 1.40. The molecule has 2 aromatic rings. The fraction of sp³-hybridized carbons (Fsp3) is 0.125. The molecule has 0 unspecified atom stereocenters. The molecule has 1 aromatic carbocycles. The van der Waals surface area contributed by atoms with Gasteiger partial charge in [0.2, 0.25) is 5.91 Å². The first-order chi connectivity index (χ1) is 12.0. The van der Waals surface area contributed by atoms with Crippen LogP contribution >= 0.6 is 0 Å². The average molecular weight is 342 g/mol. The van der Waals surface area contributed by atoms with Gasteiger partial charge in [0.1, 0.15) is 12.0 Å². The van der Waals surface area contributed by atoms with Crippen LogP contribution in [0.15, 0.2) is 42.6 Å². The van der Waals surface area contributed by atoms with Crippen LogP contribution in [-0.2, 0) is 4.79 Å². The summed E-state index contributed by atoms with van der Waals surface area (Å²) in [7, 11) is 0. The maximum absolute atomic E-state index is 11.8. The minimum Gasteiger partial charge on any atom is -0.399 e. The smallest absolute Gasteiger partial charge is 0.287 e.